The van der Waals surface area contributed by atoms with Crippen molar-refractivity contribution in [1.82, 2.24) is 0 Å². The first kappa shape index (κ1) is 10.0. The number of aliphatic hydroxyl groups is 1. The number of nitrogens with two attached hydrogens (primary N) is 1. The third-order valence-corrected chi connectivity index (χ3v) is 3.26. The van der Waals surface area contributed by atoms with Gasteiger partial charge in [0.15, 0.2) is 0 Å². The van der Waals surface area contributed by atoms with Crippen LogP contribution in [0.4, 0.5) is 0 Å². The van der Waals surface area contributed by atoms with Gasteiger partial charge in [-0.1, -0.05) is 26.2 Å². The average Bonchev–Trinajstić information content (AvgIpc) is 2.37. The van der Waals surface area contributed by atoms with Gasteiger partial charge in [-0.25, -0.2) is 0 Å². The molecule has 0 bridgehead atoms. The molecular formula is C10H21NO. The van der Waals surface area contributed by atoms with Crippen molar-refractivity contribution in [2.75, 3.05) is 0 Å². The van der Waals surface area contributed by atoms with Gasteiger partial charge in [0.1, 0.15) is 0 Å². The summed E-state index contributed by atoms with van der Waals surface area (Å²) in [6, 6.07) is 0. The van der Waals surface area contributed by atoms with Crippen LogP contribution in [0.1, 0.15) is 52.4 Å². The fraction of sp³-hybridized carbons (Fsp3) is 1.00. The summed E-state index contributed by atoms with van der Waals surface area (Å²) < 4.78 is 0. The van der Waals surface area contributed by atoms with Gasteiger partial charge in [-0.05, 0) is 26.2 Å². The van der Waals surface area contributed by atoms with Gasteiger partial charge in [0, 0.05) is 5.54 Å². The molecule has 1 saturated carbocycles. The van der Waals surface area contributed by atoms with Crippen LogP contribution in [0.25, 0.3) is 0 Å². The highest BCUT2D eigenvalue weighted by atomic mass is 16.3. The minimum absolute atomic E-state index is 0.377. The van der Waals surface area contributed by atoms with Crippen molar-refractivity contribution in [3.8, 4) is 0 Å². The van der Waals surface area contributed by atoms with Crippen LogP contribution < -0.4 is 5.73 Å². The standard InChI is InChI=1S/C10H21NO/c1-3-6-9(2,11)10(12)7-4-5-8-10/h12H,3-8,11H2,1-2H3. The van der Waals surface area contributed by atoms with Crippen LogP contribution in [-0.4, -0.2) is 16.2 Å². The Morgan fingerprint density at radius 3 is 2.33 bits per heavy atom. The van der Waals surface area contributed by atoms with E-state index in [2.05, 4.69) is 6.92 Å². The van der Waals surface area contributed by atoms with Crippen molar-refractivity contribution in [1.29, 1.82) is 0 Å². The quantitative estimate of drug-likeness (QED) is 0.680. The van der Waals surface area contributed by atoms with E-state index in [-0.39, 0.29) is 5.54 Å². The van der Waals surface area contributed by atoms with E-state index in [0.29, 0.717) is 0 Å². The second-order valence-electron chi connectivity index (χ2n) is 4.41. The molecule has 0 radical (unpaired) electrons. The molecule has 1 fully saturated rings. The summed E-state index contributed by atoms with van der Waals surface area (Å²) in [4.78, 5) is 0. The van der Waals surface area contributed by atoms with E-state index in [1.807, 2.05) is 6.92 Å². The van der Waals surface area contributed by atoms with E-state index in [1.54, 1.807) is 0 Å². The summed E-state index contributed by atoms with van der Waals surface area (Å²) in [5.41, 5.74) is 5.16. The Morgan fingerprint density at radius 1 is 1.42 bits per heavy atom. The molecule has 1 atom stereocenters. The van der Waals surface area contributed by atoms with E-state index in [9.17, 15) is 5.11 Å². The normalized spacial score (nSPS) is 27.0. The van der Waals surface area contributed by atoms with Crippen molar-refractivity contribution < 1.29 is 5.11 Å². The number of hydrogen-bond acceptors (Lipinski definition) is 2. The lowest BCUT2D eigenvalue weighted by Gasteiger charge is -2.39. The molecule has 0 amide bonds. The predicted molar refractivity (Wildman–Crippen MR) is 50.9 cm³/mol. The molecule has 1 unspecified atom stereocenters. The minimum atomic E-state index is -0.580. The van der Waals surface area contributed by atoms with Crippen LogP contribution in [0.3, 0.4) is 0 Å². The predicted octanol–water partition coefficient (Wildman–Crippen LogP) is 1.81. The molecule has 0 aromatic heterocycles. The first-order chi connectivity index (χ1) is 5.52. The van der Waals surface area contributed by atoms with Crippen LogP contribution in [0.2, 0.25) is 0 Å². The lowest BCUT2D eigenvalue weighted by atomic mass is 9.77. The third kappa shape index (κ3) is 1.64. The monoisotopic (exact) mass is 171 g/mol. The smallest absolute Gasteiger partial charge is 0.0823 e. The zero-order valence-electron chi connectivity index (χ0n) is 8.27. The molecule has 0 saturated heterocycles. The van der Waals surface area contributed by atoms with Crippen LogP contribution in [0, 0.1) is 0 Å². The van der Waals surface area contributed by atoms with Crippen molar-refractivity contribution in [3.05, 3.63) is 0 Å². The maximum Gasteiger partial charge on any atom is 0.0823 e. The zero-order chi connectivity index (χ0) is 9.24. The second kappa shape index (κ2) is 3.35. The molecule has 72 valence electrons. The average molecular weight is 171 g/mol. The van der Waals surface area contributed by atoms with Crippen molar-refractivity contribution in [2.45, 2.75) is 63.5 Å². The molecule has 12 heavy (non-hydrogen) atoms. The highest BCUT2D eigenvalue weighted by Gasteiger charge is 2.44. The van der Waals surface area contributed by atoms with E-state index in [4.69, 9.17) is 5.73 Å². The molecule has 0 aliphatic heterocycles. The maximum atomic E-state index is 10.2. The Morgan fingerprint density at radius 2 is 1.92 bits per heavy atom. The second-order valence-corrected chi connectivity index (χ2v) is 4.41. The van der Waals surface area contributed by atoms with Gasteiger partial charge >= 0.3 is 0 Å². The van der Waals surface area contributed by atoms with Gasteiger partial charge in [0.2, 0.25) is 0 Å². The van der Waals surface area contributed by atoms with Gasteiger partial charge in [-0.2, -0.15) is 0 Å². The lowest BCUT2D eigenvalue weighted by Crippen LogP contribution is -2.56. The van der Waals surface area contributed by atoms with E-state index in [1.165, 1.54) is 0 Å². The largest absolute Gasteiger partial charge is 0.388 e. The Bertz CT molecular complexity index is 148. The summed E-state index contributed by atoms with van der Waals surface area (Å²) in [6.45, 7) is 4.10. The first-order valence-corrected chi connectivity index (χ1v) is 5.03. The highest BCUT2D eigenvalue weighted by Crippen LogP contribution is 2.38. The van der Waals surface area contributed by atoms with E-state index in [0.717, 1.165) is 38.5 Å². The molecule has 1 aliphatic carbocycles. The molecule has 1 rings (SSSR count). The Kier molecular flexibility index (Phi) is 2.79. The van der Waals surface area contributed by atoms with Gasteiger partial charge in [0.25, 0.3) is 0 Å². The third-order valence-electron chi connectivity index (χ3n) is 3.26. The molecular weight excluding hydrogens is 150 g/mol. The van der Waals surface area contributed by atoms with E-state index < -0.39 is 5.60 Å². The molecule has 2 heteroatoms. The number of rotatable bonds is 3. The molecule has 0 aromatic rings. The summed E-state index contributed by atoms with van der Waals surface area (Å²) >= 11 is 0. The maximum absolute atomic E-state index is 10.2. The SMILES string of the molecule is CCCC(C)(N)C1(O)CCCC1. The van der Waals surface area contributed by atoms with Gasteiger partial charge in [0.05, 0.1) is 5.60 Å². The topological polar surface area (TPSA) is 46.2 Å². The van der Waals surface area contributed by atoms with Crippen LogP contribution in [0.5, 0.6) is 0 Å². The summed E-state index contributed by atoms with van der Waals surface area (Å²) in [5, 5.41) is 10.2. The summed E-state index contributed by atoms with van der Waals surface area (Å²) in [7, 11) is 0. The molecule has 1 aliphatic rings. The van der Waals surface area contributed by atoms with Crippen LogP contribution in [-0.2, 0) is 0 Å². The van der Waals surface area contributed by atoms with Crippen LogP contribution in [0.15, 0.2) is 0 Å². The molecule has 3 N–H and O–H groups in total. The Hall–Kier alpha value is -0.0800. The van der Waals surface area contributed by atoms with Gasteiger partial charge in [-0.3, -0.25) is 0 Å². The minimum Gasteiger partial charge on any atom is -0.388 e. The highest BCUT2D eigenvalue weighted by molar-refractivity contribution is 5.02. The fourth-order valence-electron chi connectivity index (χ4n) is 2.28. The molecule has 2 nitrogen and oxygen atoms in total. The Labute approximate surface area is 75.2 Å². The fourth-order valence-corrected chi connectivity index (χ4v) is 2.28. The van der Waals surface area contributed by atoms with Gasteiger partial charge < -0.3 is 10.8 Å². The molecule has 0 spiro atoms. The molecule has 0 heterocycles. The number of hydrogen-bond donors (Lipinski definition) is 2. The Balaban J connectivity index is 2.64. The van der Waals surface area contributed by atoms with Crippen molar-refractivity contribution in [3.63, 3.8) is 0 Å². The van der Waals surface area contributed by atoms with Crippen molar-refractivity contribution in [2.24, 2.45) is 5.73 Å². The molecule has 0 aromatic carbocycles. The summed E-state index contributed by atoms with van der Waals surface area (Å²) in [6.07, 6.45) is 6.01. The van der Waals surface area contributed by atoms with E-state index >= 15 is 0 Å². The lowest BCUT2D eigenvalue weighted by molar-refractivity contribution is -0.0263. The first-order valence-electron chi connectivity index (χ1n) is 5.03. The van der Waals surface area contributed by atoms with Gasteiger partial charge in [-0.15, -0.1) is 0 Å². The summed E-state index contributed by atoms with van der Waals surface area (Å²) in [5.74, 6) is 0. The zero-order valence-corrected chi connectivity index (χ0v) is 8.27. The van der Waals surface area contributed by atoms with Crippen LogP contribution >= 0.6 is 0 Å². The van der Waals surface area contributed by atoms with Crippen molar-refractivity contribution >= 4 is 0 Å².